The molecule has 0 aromatic carbocycles. The molecule has 9 heteroatoms. The highest BCUT2D eigenvalue weighted by Gasteiger charge is 2.18. The van der Waals surface area contributed by atoms with Crippen LogP contribution in [0.2, 0.25) is 0 Å². The number of nitrogens with zero attached hydrogens (tertiary/aromatic N) is 5. The second-order valence-electron chi connectivity index (χ2n) is 6.10. The van der Waals surface area contributed by atoms with Crippen molar-refractivity contribution in [3.8, 4) is 11.4 Å². The topological polar surface area (TPSA) is 103 Å². The van der Waals surface area contributed by atoms with Gasteiger partial charge in [-0.2, -0.15) is 5.10 Å². The van der Waals surface area contributed by atoms with Gasteiger partial charge in [0.25, 0.3) is 5.91 Å². The molecule has 1 unspecified atom stereocenters. The van der Waals surface area contributed by atoms with Gasteiger partial charge in [-0.15, -0.1) is 10.2 Å². The fourth-order valence-electron chi connectivity index (χ4n) is 2.79. The van der Waals surface area contributed by atoms with E-state index in [1.165, 1.54) is 0 Å². The number of aromatic nitrogens is 6. The number of aryl methyl sites for hydroxylation is 2. The van der Waals surface area contributed by atoms with Crippen LogP contribution in [0.15, 0.2) is 30.7 Å². The number of rotatable bonds is 8. The van der Waals surface area contributed by atoms with Crippen molar-refractivity contribution in [3.63, 3.8) is 0 Å². The number of carbonyl (C=O) groups is 1. The van der Waals surface area contributed by atoms with Crippen LogP contribution >= 0.6 is 0 Å². The Hall–Kier alpha value is -2.94. The van der Waals surface area contributed by atoms with E-state index in [0.717, 1.165) is 24.4 Å². The summed E-state index contributed by atoms with van der Waals surface area (Å²) in [4.78, 5) is 12.5. The second-order valence-corrected chi connectivity index (χ2v) is 6.10. The second kappa shape index (κ2) is 7.96. The maximum Gasteiger partial charge on any atom is 0.269 e. The molecule has 0 aliphatic rings. The molecule has 3 heterocycles. The Morgan fingerprint density at radius 1 is 1.46 bits per heavy atom. The van der Waals surface area contributed by atoms with E-state index >= 15 is 0 Å². The molecule has 0 saturated heterocycles. The third kappa shape index (κ3) is 3.83. The highest BCUT2D eigenvalue weighted by atomic mass is 16.5. The van der Waals surface area contributed by atoms with E-state index in [2.05, 4.69) is 25.7 Å². The standard InChI is InChI=1S/C17H23N7O2/c1-12(16-22-18-11-24(16)8-5-9-26-3)19-17(25)14-10-13(20-21-14)15-6-4-7-23(15)2/h4,6-7,10-12H,5,8-9H2,1-3H3,(H,19,25)(H,20,21). The molecule has 0 fully saturated rings. The van der Waals surface area contributed by atoms with Gasteiger partial charge in [-0.25, -0.2) is 0 Å². The first-order valence-electron chi connectivity index (χ1n) is 8.44. The lowest BCUT2D eigenvalue weighted by atomic mass is 10.2. The summed E-state index contributed by atoms with van der Waals surface area (Å²) < 4.78 is 8.94. The highest BCUT2D eigenvalue weighted by molar-refractivity contribution is 5.93. The van der Waals surface area contributed by atoms with E-state index < -0.39 is 0 Å². The Labute approximate surface area is 151 Å². The van der Waals surface area contributed by atoms with Gasteiger partial charge < -0.3 is 19.2 Å². The lowest BCUT2D eigenvalue weighted by molar-refractivity contribution is 0.0932. The molecule has 3 aromatic heterocycles. The number of H-pyrrole nitrogens is 1. The number of hydrogen-bond acceptors (Lipinski definition) is 5. The van der Waals surface area contributed by atoms with Crippen molar-refractivity contribution < 1.29 is 9.53 Å². The Morgan fingerprint density at radius 2 is 2.31 bits per heavy atom. The van der Waals surface area contributed by atoms with Crippen LogP contribution in [-0.4, -0.2) is 49.2 Å². The predicted octanol–water partition coefficient (Wildman–Crippen LogP) is 1.53. The first-order valence-corrected chi connectivity index (χ1v) is 8.44. The van der Waals surface area contributed by atoms with Gasteiger partial charge in [-0.1, -0.05) is 0 Å². The van der Waals surface area contributed by atoms with Crippen LogP contribution < -0.4 is 5.32 Å². The molecule has 3 aromatic rings. The summed E-state index contributed by atoms with van der Waals surface area (Å²) in [6.07, 6.45) is 4.45. The molecule has 9 nitrogen and oxygen atoms in total. The molecule has 26 heavy (non-hydrogen) atoms. The molecule has 0 bridgehead atoms. The van der Waals surface area contributed by atoms with Crippen LogP contribution in [0.25, 0.3) is 11.4 Å². The van der Waals surface area contributed by atoms with E-state index in [9.17, 15) is 4.79 Å². The van der Waals surface area contributed by atoms with Crippen molar-refractivity contribution in [1.82, 2.24) is 34.8 Å². The summed E-state index contributed by atoms with van der Waals surface area (Å²) in [7, 11) is 3.60. The van der Waals surface area contributed by atoms with Crippen molar-refractivity contribution in [2.75, 3.05) is 13.7 Å². The van der Waals surface area contributed by atoms with Crippen LogP contribution in [0.1, 0.15) is 35.7 Å². The number of hydrogen-bond donors (Lipinski definition) is 2. The maximum atomic E-state index is 12.5. The fraction of sp³-hybridized carbons (Fsp3) is 0.412. The molecule has 0 radical (unpaired) electrons. The molecular formula is C17H23N7O2. The zero-order valence-corrected chi connectivity index (χ0v) is 15.1. The molecule has 1 amide bonds. The third-order valence-corrected chi connectivity index (χ3v) is 4.16. The van der Waals surface area contributed by atoms with Crippen LogP contribution in [0.4, 0.5) is 0 Å². The average molecular weight is 357 g/mol. The van der Waals surface area contributed by atoms with Gasteiger partial charge in [0.05, 0.1) is 11.7 Å². The molecule has 0 spiro atoms. The third-order valence-electron chi connectivity index (χ3n) is 4.16. The SMILES string of the molecule is COCCCn1cnnc1C(C)NC(=O)c1cc(-c2cccn2C)n[nH]1. The smallest absolute Gasteiger partial charge is 0.269 e. The normalized spacial score (nSPS) is 12.3. The molecule has 1 atom stereocenters. The zero-order valence-electron chi connectivity index (χ0n) is 15.1. The quantitative estimate of drug-likeness (QED) is 0.595. The van der Waals surface area contributed by atoms with Crippen LogP contribution in [0.5, 0.6) is 0 Å². The molecule has 3 rings (SSSR count). The van der Waals surface area contributed by atoms with Gasteiger partial charge in [0, 0.05) is 33.5 Å². The van der Waals surface area contributed by atoms with Crippen LogP contribution in [-0.2, 0) is 18.3 Å². The maximum absolute atomic E-state index is 12.5. The minimum atomic E-state index is -0.283. The number of aromatic amines is 1. The average Bonchev–Trinajstić information content (AvgIpc) is 3.34. The van der Waals surface area contributed by atoms with Gasteiger partial charge in [-0.05, 0) is 31.5 Å². The number of ether oxygens (including phenoxy) is 1. The van der Waals surface area contributed by atoms with E-state index in [1.807, 2.05) is 41.4 Å². The molecule has 0 saturated carbocycles. The summed E-state index contributed by atoms with van der Waals surface area (Å²) in [5, 5.41) is 18.0. The summed E-state index contributed by atoms with van der Waals surface area (Å²) >= 11 is 0. The lowest BCUT2D eigenvalue weighted by Gasteiger charge is -2.14. The Kier molecular flexibility index (Phi) is 5.47. The Morgan fingerprint density at radius 3 is 3.04 bits per heavy atom. The molecule has 138 valence electrons. The number of amides is 1. The minimum absolute atomic E-state index is 0.239. The summed E-state index contributed by atoms with van der Waals surface area (Å²) in [6, 6.07) is 5.33. The van der Waals surface area contributed by atoms with E-state index in [1.54, 1.807) is 19.5 Å². The molecule has 0 aliphatic heterocycles. The lowest BCUT2D eigenvalue weighted by Crippen LogP contribution is -2.29. The van der Waals surface area contributed by atoms with Crippen molar-refractivity contribution in [3.05, 3.63) is 42.2 Å². The largest absolute Gasteiger partial charge is 0.385 e. The molecule has 0 aliphatic carbocycles. The fourth-order valence-corrected chi connectivity index (χ4v) is 2.79. The number of methoxy groups -OCH3 is 1. The van der Waals surface area contributed by atoms with Crippen LogP contribution in [0.3, 0.4) is 0 Å². The Bertz CT molecular complexity index is 864. The predicted molar refractivity (Wildman–Crippen MR) is 95.4 cm³/mol. The Balaban J connectivity index is 1.66. The van der Waals surface area contributed by atoms with Gasteiger partial charge in [0.2, 0.25) is 0 Å². The van der Waals surface area contributed by atoms with Gasteiger partial charge in [0.1, 0.15) is 17.7 Å². The number of nitrogens with one attached hydrogen (secondary N) is 2. The minimum Gasteiger partial charge on any atom is -0.385 e. The first-order chi connectivity index (χ1) is 12.6. The summed E-state index contributed by atoms with van der Waals surface area (Å²) in [5.74, 6) is 0.466. The van der Waals surface area contributed by atoms with E-state index in [4.69, 9.17) is 4.74 Å². The van der Waals surface area contributed by atoms with E-state index in [-0.39, 0.29) is 11.9 Å². The monoisotopic (exact) mass is 357 g/mol. The van der Waals surface area contributed by atoms with Crippen molar-refractivity contribution in [1.29, 1.82) is 0 Å². The number of carbonyl (C=O) groups excluding carboxylic acids is 1. The van der Waals surface area contributed by atoms with Gasteiger partial charge >= 0.3 is 0 Å². The summed E-state index contributed by atoms with van der Waals surface area (Å²) in [6.45, 7) is 3.27. The molecular weight excluding hydrogens is 334 g/mol. The van der Waals surface area contributed by atoms with Gasteiger partial charge in [-0.3, -0.25) is 9.89 Å². The van der Waals surface area contributed by atoms with Crippen molar-refractivity contribution >= 4 is 5.91 Å². The van der Waals surface area contributed by atoms with E-state index in [0.29, 0.717) is 18.1 Å². The van der Waals surface area contributed by atoms with Crippen LogP contribution in [0, 0.1) is 0 Å². The summed E-state index contributed by atoms with van der Waals surface area (Å²) in [5.41, 5.74) is 2.06. The first kappa shape index (κ1) is 17.9. The molecule has 2 N–H and O–H groups in total. The van der Waals surface area contributed by atoms with Gasteiger partial charge in [0.15, 0.2) is 5.82 Å². The van der Waals surface area contributed by atoms with Crippen molar-refractivity contribution in [2.45, 2.75) is 25.9 Å². The highest BCUT2D eigenvalue weighted by Crippen LogP contribution is 2.18. The zero-order chi connectivity index (χ0) is 18.5. The van der Waals surface area contributed by atoms with Crippen molar-refractivity contribution in [2.24, 2.45) is 7.05 Å².